The number of carbonyl (C=O) groups is 2. The van der Waals surface area contributed by atoms with Gasteiger partial charge in [0.2, 0.25) is 0 Å². The first-order valence-electron chi connectivity index (χ1n) is 10.1. The molecule has 1 aliphatic rings. The van der Waals surface area contributed by atoms with E-state index in [0.29, 0.717) is 34.1 Å². The molecule has 1 aliphatic carbocycles. The summed E-state index contributed by atoms with van der Waals surface area (Å²) in [6, 6.07) is 8.53. The lowest BCUT2D eigenvalue weighted by Gasteiger charge is -2.18. The van der Waals surface area contributed by atoms with Crippen LogP contribution in [0.15, 0.2) is 39.5 Å². The lowest BCUT2D eigenvalue weighted by molar-refractivity contribution is 0.0505. The lowest BCUT2D eigenvalue weighted by Crippen LogP contribution is -2.21. The molecule has 0 bridgehead atoms. The quantitative estimate of drug-likeness (QED) is 0.469. The van der Waals surface area contributed by atoms with Gasteiger partial charge in [-0.1, -0.05) is 32.0 Å². The highest BCUT2D eigenvalue weighted by Crippen LogP contribution is 2.40. The number of nitrogens with one attached hydrogen (secondary N) is 1. The molecule has 0 saturated carbocycles. The van der Waals surface area contributed by atoms with Crippen LogP contribution in [-0.2, 0) is 17.6 Å². The van der Waals surface area contributed by atoms with Gasteiger partial charge in [0.25, 0.3) is 5.91 Å². The molecule has 1 aromatic carbocycles. The van der Waals surface area contributed by atoms with Crippen LogP contribution >= 0.6 is 11.3 Å². The number of amides is 1. The first kappa shape index (κ1) is 20.3. The van der Waals surface area contributed by atoms with Crippen molar-refractivity contribution in [2.24, 2.45) is 5.92 Å². The van der Waals surface area contributed by atoms with E-state index in [1.165, 1.54) is 17.4 Å². The molecular formula is C23H23NO5S. The Balaban J connectivity index is 1.70. The molecule has 4 rings (SSSR count). The van der Waals surface area contributed by atoms with Crippen LogP contribution in [0.4, 0.5) is 5.00 Å². The fraction of sp³-hybridized carbons (Fsp3) is 0.348. The molecule has 1 atom stereocenters. The first-order valence-corrected chi connectivity index (χ1v) is 11.0. The van der Waals surface area contributed by atoms with Crippen molar-refractivity contribution >= 4 is 39.2 Å². The molecule has 1 amide bonds. The summed E-state index contributed by atoms with van der Waals surface area (Å²) in [6.45, 7) is 4.43. The Labute approximate surface area is 177 Å². The topological polar surface area (TPSA) is 85.6 Å². The molecular weight excluding hydrogens is 402 g/mol. The maximum Gasteiger partial charge on any atom is 0.349 e. The standard InChI is InChI=1S/C23H23NO5S/c1-3-10-28-23(27)19-15-9-8-13(2)11-18(15)30-21(19)24-20(25)16-12-14-6-4-5-7-17(14)29-22(16)26/h4-7,12-13H,3,8-11H2,1-2H3,(H,24,25). The molecule has 6 nitrogen and oxygen atoms in total. The maximum absolute atomic E-state index is 12.9. The normalized spacial score (nSPS) is 15.6. The molecule has 1 N–H and O–H groups in total. The van der Waals surface area contributed by atoms with Gasteiger partial charge in [-0.25, -0.2) is 9.59 Å². The molecule has 156 valence electrons. The number of thiophene rings is 1. The van der Waals surface area contributed by atoms with Crippen LogP contribution < -0.4 is 10.9 Å². The van der Waals surface area contributed by atoms with Crippen LogP contribution in [0.2, 0.25) is 0 Å². The minimum absolute atomic E-state index is 0.0960. The van der Waals surface area contributed by atoms with Gasteiger partial charge in [0.1, 0.15) is 16.1 Å². The number of ether oxygens (including phenoxy) is 1. The Morgan fingerprint density at radius 1 is 1.30 bits per heavy atom. The van der Waals surface area contributed by atoms with Gasteiger partial charge >= 0.3 is 11.6 Å². The van der Waals surface area contributed by atoms with E-state index in [9.17, 15) is 14.4 Å². The Kier molecular flexibility index (Phi) is 5.72. The number of fused-ring (bicyclic) bond motifs is 2. The third-order valence-electron chi connectivity index (χ3n) is 5.27. The smallest absolute Gasteiger partial charge is 0.349 e. The fourth-order valence-electron chi connectivity index (χ4n) is 3.71. The van der Waals surface area contributed by atoms with E-state index in [2.05, 4.69) is 12.2 Å². The van der Waals surface area contributed by atoms with Gasteiger partial charge in [-0.15, -0.1) is 11.3 Å². The predicted molar refractivity (Wildman–Crippen MR) is 117 cm³/mol. The molecule has 3 aromatic rings. The van der Waals surface area contributed by atoms with Gasteiger partial charge in [-0.3, -0.25) is 4.79 Å². The molecule has 2 heterocycles. The van der Waals surface area contributed by atoms with Crippen LogP contribution in [0.25, 0.3) is 11.0 Å². The van der Waals surface area contributed by atoms with Gasteiger partial charge in [-0.05, 0) is 49.3 Å². The Bertz CT molecular complexity index is 1180. The van der Waals surface area contributed by atoms with Gasteiger partial charge in [0, 0.05) is 10.3 Å². The third-order valence-corrected chi connectivity index (χ3v) is 6.44. The average molecular weight is 426 g/mol. The molecule has 0 spiro atoms. The van der Waals surface area contributed by atoms with Crippen molar-refractivity contribution in [1.29, 1.82) is 0 Å². The van der Waals surface area contributed by atoms with Crippen LogP contribution in [0.5, 0.6) is 0 Å². The van der Waals surface area contributed by atoms with E-state index >= 15 is 0 Å². The molecule has 7 heteroatoms. The number of hydrogen-bond acceptors (Lipinski definition) is 6. The highest BCUT2D eigenvalue weighted by atomic mass is 32.1. The summed E-state index contributed by atoms with van der Waals surface area (Å²) >= 11 is 1.39. The van der Waals surface area contributed by atoms with E-state index in [1.807, 2.05) is 6.92 Å². The Hall–Kier alpha value is -2.93. The largest absolute Gasteiger partial charge is 0.462 e. The molecule has 0 aliphatic heterocycles. The van der Waals surface area contributed by atoms with E-state index in [-0.39, 0.29) is 5.56 Å². The minimum atomic E-state index is -0.712. The molecule has 1 unspecified atom stereocenters. The molecule has 2 aromatic heterocycles. The van der Waals surface area contributed by atoms with Crippen LogP contribution in [-0.4, -0.2) is 18.5 Å². The minimum Gasteiger partial charge on any atom is -0.462 e. The first-order chi connectivity index (χ1) is 14.5. The molecule has 0 radical (unpaired) electrons. The van der Waals surface area contributed by atoms with E-state index in [4.69, 9.17) is 9.15 Å². The van der Waals surface area contributed by atoms with Crippen LogP contribution in [0, 0.1) is 5.92 Å². The average Bonchev–Trinajstić information content (AvgIpc) is 3.08. The second-order valence-electron chi connectivity index (χ2n) is 7.63. The van der Waals surface area contributed by atoms with Crippen molar-refractivity contribution < 1.29 is 18.7 Å². The number of anilines is 1. The SMILES string of the molecule is CCCOC(=O)c1c(NC(=O)c2cc3ccccc3oc2=O)sc2c1CCC(C)C2. The van der Waals surface area contributed by atoms with E-state index in [1.54, 1.807) is 24.3 Å². The van der Waals surface area contributed by atoms with Crippen LogP contribution in [0.1, 0.15) is 57.8 Å². The van der Waals surface area contributed by atoms with Crippen LogP contribution in [0.3, 0.4) is 0 Å². The number of rotatable bonds is 5. The number of carbonyl (C=O) groups excluding carboxylic acids is 2. The number of para-hydroxylation sites is 1. The fourth-order valence-corrected chi connectivity index (χ4v) is 5.11. The summed E-state index contributed by atoms with van der Waals surface area (Å²) in [6.07, 6.45) is 3.34. The number of esters is 1. The zero-order valence-corrected chi connectivity index (χ0v) is 17.8. The summed E-state index contributed by atoms with van der Waals surface area (Å²) < 4.78 is 10.6. The zero-order valence-electron chi connectivity index (χ0n) is 16.9. The Morgan fingerprint density at radius 3 is 2.90 bits per heavy atom. The summed E-state index contributed by atoms with van der Waals surface area (Å²) in [7, 11) is 0. The molecule has 0 saturated heterocycles. The van der Waals surface area contributed by atoms with Crippen molar-refractivity contribution in [2.45, 2.75) is 39.5 Å². The van der Waals surface area contributed by atoms with Gasteiger partial charge in [0.05, 0.1) is 12.2 Å². The highest BCUT2D eigenvalue weighted by molar-refractivity contribution is 7.17. The molecule has 30 heavy (non-hydrogen) atoms. The summed E-state index contributed by atoms with van der Waals surface area (Å²) in [4.78, 5) is 39.1. The number of hydrogen-bond donors (Lipinski definition) is 1. The van der Waals surface area contributed by atoms with Gasteiger partial charge in [-0.2, -0.15) is 0 Å². The Morgan fingerprint density at radius 2 is 2.10 bits per heavy atom. The second kappa shape index (κ2) is 8.44. The van der Waals surface area contributed by atoms with Crippen molar-refractivity contribution in [3.63, 3.8) is 0 Å². The van der Waals surface area contributed by atoms with E-state index in [0.717, 1.165) is 36.1 Å². The predicted octanol–water partition coefficient (Wildman–Crippen LogP) is 4.80. The third kappa shape index (κ3) is 3.89. The maximum atomic E-state index is 12.9. The molecule has 0 fully saturated rings. The second-order valence-corrected chi connectivity index (χ2v) is 8.74. The summed E-state index contributed by atoms with van der Waals surface area (Å²) in [5, 5.41) is 3.87. The number of benzene rings is 1. The lowest BCUT2D eigenvalue weighted by atomic mass is 9.88. The van der Waals surface area contributed by atoms with Crippen molar-refractivity contribution in [1.82, 2.24) is 0 Å². The van der Waals surface area contributed by atoms with Gasteiger partial charge < -0.3 is 14.5 Å². The summed E-state index contributed by atoms with van der Waals surface area (Å²) in [5.74, 6) is -0.498. The van der Waals surface area contributed by atoms with Gasteiger partial charge in [0.15, 0.2) is 0 Å². The summed E-state index contributed by atoms with van der Waals surface area (Å²) in [5.41, 5.74) is 0.995. The highest BCUT2D eigenvalue weighted by Gasteiger charge is 2.29. The monoisotopic (exact) mass is 425 g/mol. The van der Waals surface area contributed by atoms with E-state index < -0.39 is 17.5 Å². The van der Waals surface area contributed by atoms with Crippen molar-refractivity contribution in [2.75, 3.05) is 11.9 Å². The van der Waals surface area contributed by atoms with Crippen molar-refractivity contribution in [3.05, 3.63) is 62.3 Å². The zero-order chi connectivity index (χ0) is 21.3. The van der Waals surface area contributed by atoms with Crippen molar-refractivity contribution in [3.8, 4) is 0 Å².